The normalized spacial score (nSPS) is 10.8. The topological polar surface area (TPSA) is 9.23 Å². The van der Waals surface area contributed by atoms with E-state index < -0.39 is 45.9 Å². The summed E-state index contributed by atoms with van der Waals surface area (Å²) in [6.07, 6.45) is 0. The second-order valence-corrected chi connectivity index (χ2v) is 4.54. The van der Waals surface area contributed by atoms with Crippen molar-refractivity contribution in [1.82, 2.24) is 0 Å². The summed E-state index contributed by atoms with van der Waals surface area (Å²) in [6.45, 7) is 1.24. The molecule has 0 heterocycles. The van der Waals surface area contributed by atoms with Crippen molar-refractivity contribution in [2.24, 2.45) is 0 Å². The van der Waals surface area contributed by atoms with Crippen LogP contribution in [0, 0.1) is 36.0 Å². The largest absolute Gasteiger partial charge is 0.491 e. The Labute approximate surface area is 118 Å². The van der Waals surface area contributed by atoms with Crippen molar-refractivity contribution in [3.8, 4) is 16.9 Å². The Morgan fingerprint density at radius 1 is 0.952 bits per heavy atom. The molecule has 0 aliphatic rings. The molecular formula is C14H10BF5O. The van der Waals surface area contributed by atoms with Crippen molar-refractivity contribution in [3.05, 3.63) is 46.8 Å². The van der Waals surface area contributed by atoms with Gasteiger partial charge >= 0.3 is 0 Å². The van der Waals surface area contributed by atoms with Crippen LogP contribution < -0.4 is 10.2 Å². The number of benzene rings is 2. The minimum absolute atomic E-state index is 0.151. The van der Waals surface area contributed by atoms with Crippen LogP contribution in [-0.2, 0) is 0 Å². The number of rotatable bonds is 2. The lowest BCUT2D eigenvalue weighted by Gasteiger charge is -2.15. The summed E-state index contributed by atoms with van der Waals surface area (Å²) in [5, 5.41) is 0. The maximum atomic E-state index is 14.3. The molecule has 0 amide bonds. The zero-order valence-electron chi connectivity index (χ0n) is 11.5. The maximum Gasteiger partial charge on any atom is 0.190 e. The highest BCUT2D eigenvalue weighted by Gasteiger charge is 2.26. The third kappa shape index (κ3) is 2.37. The highest BCUT2D eigenvalue weighted by molar-refractivity contribution is 6.33. The van der Waals surface area contributed by atoms with E-state index in [1.807, 2.05) is 0 Å². The third-order valence-corrected chi connectivity index (χ3v) is 3.28. The van der Waals surface area contributed by atoms with Crippen molar-refractivity contribution in [3.63, 3.8) is 0 Å². The van der Waals surface area contributed by atoms with Gasteiger partial charge in [0, 0.05) is 6.07 Å². The Bertz CT molecular complexity index is 730. The molecule has 7 heteroatoms. The quantitative estimate of drug-likeness (QED) is 0.612. The van der Waals surface area contributed by atoms with Crippen molar-refractivity contribution in [1.29, 1.82) is 0 Å². The van der Waals surface area contributed by atoms with Gasteiger partial charge in [-0.15, -0.1) is 0 Å². The smallest absolute Gasteiger partial charge is 0.190 e. The molecule has 2 aromatic carbocycles. The first kappa shape index (κ1) is 15.3. The Hall–Kier alpha value is -2.05. The van der Waals surface area contributed by atoms with Gasteiger partial charge in [0.1, 0.15) is 25.3 Å². The van der Waals surface area contributed by atoms with Crippen LogP contribution >= 0.6 is 0 Å². The monoisotopic (exact) mass is 300 g/mol. The lowest BCUT2D eigenvalue weighted by molar-refractivity contribution is 0.359. The van der Waals surface area contributed by atoms with E-state index in [9.17, 15) is 22.0 Å². The van der Waals surface area contributed by atoms with Gasteiger partial charge in [0.2, 0.25) is 0 Å². The predicted octanol–water partition coefficient (Wildman–Crippen LogP) is 2.62. The summed E-state index contributed by atoms with van der Waals surface area (Å²) in [5.41, 5.74) is -1.69. The van der Waals surface area contributed by atoms with E-state index in [-0.39, 0.29) is 11.1 Å². The van der Waals surface area contributed by atoms with Gasteiger partial charge in [0.15, 0.2) is 17.4 Å². The third-order valence-electron chi connectivity index (χ3n) is 3.28. The number of methoxy groups -OCH3 is 1. The highest BCUT2D eigenvalue weighted by atomic mass is 19.2. The molecule has 0 aliphatic heterocycles. The van der Waals surface area contributed by atoms with Crippen LogP contribution in [0.3, 0.4) is 0 Å². The van der Waals surface area contributed by atoms with Crippen molar-refractivity contribution >= 4 is 13.3 Å². The molecule has 0 spiro atoms. The van der Waals surface area contributed by atoms with Gasteiger partial charge in [-0.2, -0.15) is 0 Å². The van der Waals surface area contributed by atoms with E-state index >= 15 is 0 Å². The average Bonchev–Trinajstić information content (AvgIpc) is 2.42. The van der Waals surface area contributed by atoms with E-state index in [4.69, 9.17) is 0 Å². The predicted molar refractivity (Wildman–Crippen MR) is 71.1 cm³/mol. The number of halogens is 5. The zero-order valence-corrected chi connectivity index (χ0v) is 11.5. The first-order chi connectivity index (χ1) is 9.79. The zero-order chi connectivity index (χ0) is 15.9. The van der Waals surface area contributed by atoms with Crippen LogP contribution in [0.2, 0.25) is 0 Å². The van der Waals surface area contributed by atoms with Crippen LogP contribution in [0.1, 0.15) is 5.56 Å². The summed E-state index contributed by atoms with van der Waals surface area (Å²) in [7, 11) is 2.10. The standard InChI is InChI=1S/C14H10BF5O/c1-5-7(3-6(16)4-8(5)17)9-11(18)10(15)13(20)14(21-2)12(9)19/h3-4H,15H2,1-2H3. The lowest BCUT2D eigenvalue weighted by atomic mass is 9.88. The fourth-order valence-corrected chi connectivity index (χ4v) is 2.08. The molecule has 2 aromatic rings. The first-order valence-corrected chi connectivity index (χ1v) is 5.96. The summed E-state index contributed by atoms with van der Waals surface area (Å²) >= 11 is 0. The van der Waals surface area contributed by atoms with E-state index in [1.165, 1.54) is 6.92 Å². The van der Waals surface area contributed by atoms with Crippen molar-refractivity contribution in [2.45, 2.75) is 6.92 Å². The van der Waals surface area contributed by atoms with Gasteiger partial charge in [0.25, 0.3) is 0 Å². The van der Waals surface area contributed by atoms with Crippen LogP contribution in [0.25, 0.3) is 11.1 Å². The molecule has 0 aromatic heterocycles. The molecule has 21 heavy (non-hydrogen) atoms. The van der Waals surface area contributed by atoms with Crippen LogP contribution in [0.5, 0.6) is 5.75 Å². The molecule has 0 N–H and O–H groups in total. The summed E-state index contributed by atoms with van der Waals surface area (Å²) in [5.74, 6) is -6.50. The summed E-state index contributed by atoms with van der Waals surface area (Å²) in [6, 6.07) is 1.39. The Kier molecular flexibility index (Phi) is 3.94. The van der Waals surface area contributed by atoms with Crippen LogP contribution in [0.15, 0.2) is 12.1 Å². The Morgan fingerprint density at radius 3 is 2.14 bits per heavy atom. The second kappa shape index (κ2) is 5.39. The molecular weight excluding hydrogens is 290 g/mol. The fourth-order valence-electron chi connectivity index (χ4n) is 2.08. The summed E-state index contributed by atoms with van der Waals surface area (Å²) in [4.78, 5) is 0. The lowest BCUT2D eigenvalue weighted by Crippen LogP contribution is -2.19. The van der Waals surface area contributed by atoms with Gasteiger partial charge in [0.05, 0.1) is 12.7 Å². The molecule has 0 unspecified atom stereocenters. The van der Waals surface area contributed by atoms with Crippen molar-refractivity contribution < 1.29 is 26.7 Å². The van der Waals surface area contributed by atoms with E-state index in [0.29, 0.717) is 6.07 Å². The van der Waals surface area contributed by atoms with Crippen LogP contribution in [-0.4, -0.2) is 15.0 Å². The minimum atomic E-state index is -1.34. The molecule has 0 saturated heterocycles. The molecule has 2 rings (SSSR count). The molecule has 0 saturated carbocycles. The maximum absolute atomic E-state index is 14.3. The number of hydrogen-bond donors (Lipinski definition) is 0. The Balaban J connectivity index is 2.91. The van der Waals surface area contributed by atoms with E-state index in [2.05, 4.69) is 4.74 Å². The minimum Gasteiger partial charge on any atom is -0.491 e. The highest BCUT2D eigenvalue weighted by Crippen LogP contribution is 2.35. The number of hydrogen-bond acceptors (Lipinski definition) is 1. The second-order valence-electron chi connectivity index (χ2n) is 4.54. The molecule has 1 nitrogen and oxygen atoms in total. The van der Waals surface area contributed by atoms with Gasteiger partial charge < -0.3 is 4.74 Å². The number of ether oxygens (including phenoxy) is 1. The SMILES string of the molecule is Bc1c(F)c(OC)c(F)c(-c2cc(F)cc(F)c2C)c1F. The van der Waals surface area contributed by atoms with Crippen molar-refractivity contribution in [2.75, 3.05) is 7.11 Å². The molecule has 110 valence electrons. The molecule has 0 atom stereocenters. The fraction of sp³-hybridized carbons (Fsp3) is 0.143. The molecule has 0 fully saturated rings. The Morgan fingerprint density at radius 2 is 1.57 bits per heavy atom. The van der Waals surface area contributed by atoms with Gasteiger partial charge in [-0.1, -0.05) is 0 Å². The average molecular weight is 300 g/mol. The van der Waals surface area contributed by atoms with Crippen LogP contribution in [0.4, 0.5) is 22.0 Å². The molecule has 0 bridgehead atoms. The summed E-state index contributed by atoms with van der Waals surface area (Å²) < 4.78 is 73.6. The first-order valence-electron chi connectivity index (χ1n) is 5.96. The molecule has 0 radical (unpaired) electrons. The van der Waals surface area contributed by atoms with E-state index in [0.717, 1.165) is 21.0 Å². The van der Waals surface area contributed by atoms with Gasteiger partial charge in [-0.25, -0.2) is 22.0 Å². The molecule has 0 aliphatic carbocycles. The van der Waals surface area contributed by atoms with Gasteiger partial charge in [-0.05, 0) is 29.6 Å². The van der Waals surface area contributed by atoms with Gasteiger partial charge in [-0.3, -0.25) is 0 Å². The van der Waals surface area contributed by atoms with E-state index in [1.54, 1.807) is 0 Å².